The smallest absolute Gasteiger partial charge is 0.137 e. The first-order chi connectivity index (χ1) is 33.2. The summed E-state index contributed by atoms with van der Waals surface area (Å²) in [7, 11) is 0. The van der Waals surface area contributed by atoms with Gasteiger partial charge >= 0.3 is 0 Å². The van der Waals surface area contributed by atoms with Crippen LogP contribution >= 0.6 is 0 Å². The van der Waals surface area contributed by atoms with Crippen molar-refractivity contribution in [3.8, 4) is 33.4 Å². The van der Waals surface area contributed by atoms with Crippen LogP contribution in [0.1, 0.15) is 65.8 Å². The summed E-state index contributed by atoms with van der Waals surface area (Å²) >= 11 is 0. The maximum atomic E-state index is 6.59. The molecule has 0 spiro atoms. The zero-order valence-corrected chi connectivity index (χ0v) is 37.4. The molecule has 320 valence electrons. The molecule has 0 atom stereocenters. The van der Waals surface area contributed by atoms with Gasteiger partial charge in [0.15, 0.2) is 0 Å². The van der Waals surface area contributed by atoms with Crippen LogP contribution in [0.5, 0.6) is 0 Å². The van der Waals surface area contributed by atoms with Gasteiger partial charge in [0, 0.05) is 16.8 Å². The first-order valence-electron chi connectivity index (χ1n) is 24.0. The van der Waals surface area contributed by atoms with E-state index in [0.29, 0.717) is 5.92 Å². The van der Waals surface area contributed by atoms with E-state index in [2.05, 4.69) is 235 Å². The van der Waals surface area contributed by atoms with Crippen LogP contribution in [0, 0.1) is 0 Å². The van der Waals surface area contributed by atoms with E-state index in [9.17, 15) is 0 Å². The summed E-state index contributed by atoms with van der Waals surface area (Å²) in [4.78, 5) is 2.47. The minimum atomic E-state index is -0.540. The van der Waals surface area contributed by atoms with Gasteiger partial charge in [0.1, 0.15) is 11.2 Å². The van der Waals surface area contributed by atoms with E-state index in [1.165, 1.54) is 104 Å². The van der Waals surface area contributed by atoms with Crippen LogP contribution in [-0.2, 0) is 5.41 Å². The van der Waals surface area contributed by atoms with Gasteiger partial charge in [-0.05, 0) is 145 Å². The Morgan fingerprint density at radius 2 is 1.00 bits per heavy atom. The minimum absolute atomic E-state index is 0.540. The predicted octanol–water partition coefficient (Wildman–Crippen LogP) is 18.0. The number of rotatable bonds is 8. The maximum Gasteiger partial charge on any atom is 0.137 e. The van der Waals surface area contributed by atoms with Crippen molar-refractivity contribution in [2.45, 2.75) is 43.4 Å². The van der Waals surface area contributed by atoms with Crippen molar-refractivity contribution in [2.75, 3.05) is 4.90 Å². The van der Waals surface area contributed by atoms with E-state index in [4.69, 9.17) is 4.42 Å². The van der Waals surface area contributed by atoms with Crippen molar-refractivity contribution in [1.29, 1.82) is 0 Å². The molecule has 0 unspecified atom stereocenters. The lowest BCUT2D eigenvalue weighted by Gasteiger charge is -2.35. The molecule has 0 aliphatic heterocycles. The lowest BCUT2D eigenvalue weighted by molar-refractivity contribution is 0.444. The highest BCUT2D eigenvalue weighted by atomic mass is 16.3. The van der Waals surface area contributed by atoms with Crippen LogP contribution in [0.15, 0.2) is 235 Å². The van der Waals surface area contributed by atoms with Gasteiger partial charge in [0.2, 0.25) is 0 Å². The van der Waals surface area contributed by atoms with Crippen LogP contribution in [0.3, 0.4) is 0 Å². The zero-order chi connectivity index (χ0) is 44.3. The monoisotopic (exact) mass is 859 g/mol. The van der Waals surface area contributed by atoms with Gasteiger partial charge in [-0.15, -0.1) is 0 Å². The number of nitrogens with zero attached hydrogens (tertiary/aromatic N) is 1. The molecule has 1 saturated carbocycles. The second-order valence-electron chi connectivity index (χ2n) is 18.6. The molecule has 1 fully saturated rings. The number of hydrogen-bond acceptors (Lipinski definition) is 2. The molecule has 0 radical (unpaired) electrons. The minimum Gasteiger partial charge on any atom is -0.456 e. The van der Waals surface area contributed by atoms with E-state index in [1.54, 1.807) is 0 Å². The maximum absolute atomic E-state index is 6.59. The van der Waals surface area contributed by atoms with Crippen LogP contribution < -0.4 is 4.90 Å². The molecule has 0 bridgehead atoms. The van der Waals surface area contributed by atoms with Crippen molar-refractivity contribution in [2.24, 2.45) is 0 Å². The molecule has 2 aliphatic carbocycles. The summed E-state index contributed by atoms with van der Waals surface area (Å²) in [6.07, 6.45) is 6.39. The predicted molar refractivity (Wildman–Crippen MR) is 280 cm³/mol. The molecule has 1 aromatic heterocycles. The number of benzene rings is 10. The van der Waals surface area contributed by atoms with E-state index < -0.39 is 5.41 Å². The van der Waals surface area contributed by atoms with Crippen LogP contribution in [0.25, 0.3) is 66.1 Å². The van der Waals surface area contributed by atoms with Crippen molar-refractivity contribution in [3.63, 3.8) is 0 Å². The Balaban J connectivity index is 1.06. The highest BCUT2D eigenvalue weighted by Crippen LogP contribution is 2.60. The van der Waals surface area contributed by atoms with Gasteiger partial charge in [-0.1, -0.05) is 195 Å². The fraction of sp³-hybridized carbons (Fsp3) is 0.108. The van der Waals surface area contributed by atoms with Gasteiger partial charge in [-0.25, -0.2) is 0 Å². The first-order valence-corrected chi connectivity index (χ1v) is 24.0. The molecule has 13 rings (SSSR count). The molecule has 67 heavy (non-hydrogen) atoms. The number of fused-ring (bicyclic) bond motifs is 7. The average molecular weight is 860 g/mol. The third-order valence-electron chi connectivity index (χ3n) is 14.9. The topological polar surface area (TPSA) is 16.4 Å². The summed E-state index contributed by atoms with van der Waals surface area (Å²) < 4.78 is 6.59. The second kappa shape index (κ2) is 16.2. The lowest BCUT2D eigenvalue weighted by Crippen LogP contribution is -2.29. The molecular weight excluding hydrogens is 811 g/mol. The Kier molecular flexibility index (Phi) is 9.53. The molecule has 0 N–H and O–H groups in total. The van der Waals surface area contributed by atoms with Crippen molar-refractivity contribution < 1.29 is 4.42 Å². The zero-order valence-electron chi connectivity index (χ0n) is 37.4. The summed E-state index contributed by atoms with van der Waals surface area (Å²) in [6, 6.07) is 85.4. The average Bonchev–Trinajstić information content (AvgIpc) is 3.94. The molecule has 2 aliphatic rings. The number of para-hydroxylation sites is 1. The Bertz CT molecular complexity index is 3560. The van der Waals surface area contributed by atoms with Crippen LogP contribution in [0.4, 0.5) is 17.1 Å². The van der Waals surface area contributed by atoms with Crippen molar-refractivity contribution in [1.82, 2.24) is 0 Å². The quantitative estimate of drug-likeness (QED) is 0.151. The van der Waals surface area contributed by atoms with E-state index in [1.807, 2.05) is 0 Å². The van der Waals surface area contributed by atoms with Gasteiger partial charge in [-0.2, -0.15) is 0 Å². The summed E-state index contributed by atoms with van der Waals surface area (Å²) in [5, 5.41) is 4.67. The first kappa shape index (κ1) is 39.4. The summed E-state index contributed by atoms with van der Waals surface area (Å²) in [6.45, 7) is 0. The van der Waals surface area contributed by atoms with E-state index in [0.717, 1.165) is 39.0 Å². The molecule has 11 aromatic rings. The van der Waals surface area contributed by atoms with Crippen molar-refractivity contribution >= 4 is 49.8 Å². The van der Waals surface area contributed by atoms with Gasteiger partial charge in [0.25, 0.3) is 0 Å². The fourth-order valence-corrected chi connectivity index (χ4v) is 11.9. The number of anilines is 3. The third kappa shape index (κ3) is 6.38. The van der Waals surface area contributed by atoms with Crippen LogP contribution in [0.2, 0.25) is 0 Å². The second-order valence-corrected chi connectivity index (χ2v) is 18.6. The third-order valence-corrected chi connectivity index (χ3v) is 14.9. The number of hydrogen-bond donors (Lipinski definition) is 0. The normalized spacial score (nSPS) is 14.3. The van der Waals surface area contributed by atoms with E-state index >= 15 is 0 Å². The van der Waals surface area contributed by atoms with Gasteiger partial charge in [0.05, 0.1) is 16.5 Å². The molecule has 0 saturated heterocycles. The Morgan fingerprint density at radius 3 is 1.70 bits per heavy atom. The molecule has 2 nitrogen and oxygen atoms in total. The molecule has 0 amide bonds. The highest BCUT2D eigenvalue weighted by molar-refractivity contribution is 6.13. The van der Waals surface area contributed by atoms with E-state index in [-0.39, 0.29) is 0 Å². The Hall–Kier alpha value is -7.94. The Labute approximate surface area is 392 Å². The number of furan rings is 1. The molecule has 2 heteroatoms. The van der Waals surface area contributed by atoms with Gasteiger partial charge in [-0.3, -0.25) is 0 Å². The largest absolute Gasteiger partial charge is 0.456 e. The van der Waals surface area contributed by atoms with Gasteiger partial charge < -0.3 is 9.32 Å². The fourth-order valence-electron chi connectivity index (χ4n) is 11.9. The molecular formula is C65H49NO. The van der Waals surface area contributed by atoms with Crippen LogP contribution in [-0.4, -0.2) is 0 Å². The standard InChI is InChI=1S/C65H49NO/c1-5-19-44(20-6-1)53-30-17-31-58-63(53)54-40-39-52(43-59(54)65(58,49-25-9-3-10-26-49)50-27-11-4-12-28-50)66(60-32-18-34-62-64(60)55-29-15-16-33-61(55)67-62)51-37-35-46(36-38-51)57-42-48-24-14-13-23-47(48)41-56(57)45-21-7-2-8-22-45/h2-4,7-18,21-44H,1,5-6,19-20H2. The summed E-state index contributed by atoms with van der Waals surface area (Å²) in [5.41, 5.74) is 18.8. The Morgan fingerprint density at radius 1 is 0.418 bits per heavy atom. The van der Waals surface area contributed by atoms with Crippen molar-refractivity contribution in [3.05, 3.63) is 258 Å². The molecule has 10 aromatic carbocycles. The SMILES string of the molecule is c1ccc(-c2cc3ccccc3cc2-c2ccc(N(c3ccc4c(c3)C(c3ccccc3)(c3ccccc3)c3cccc(C5CCCCC5)c3-4)c3cccc4oc5ccccc5c34)cc2)cc1. The highest BCUT2D eigenvalue weighted by Gasteiger charge is 2.47. The summed E-state index contributed by atoms with van der Waals surface area (Å²) in [5.74, 6) is 0.547. The molecule has 1 heterocycles. The lowest BCUT2D eigenvalue weighted by atomic mass is 9.67.